The van der Waals surface area contributed by atoms with E-state index in [1.54, 1.807) is 4.88 Å². The van der Waals surface area contributed by atoms with Gasteiger partial charge in [-0.2, -0.15) is 0 Å². The minimum atomic E-state index is 0.914. The van der Waals surface area contributed by atoms with E-state index in [9.17, 15) is 0 Å². The Kier molecular flexibility index (Phi) is 4.22. The summed E-state index contributed by atoms with van der Waals surface area (Å²) in [6, 6.07) is 0. The van der Waals surface area contributed by atoms with Gasteiger partial charge in [0.05, 0.1) is 5.69 Å². The second kappa shape index (κ2) is 5.67. The van der Waals surface area contributed by atoms with E-state index in [4.69, 9.17) is 4.98 Å². The van der Waals surface area contributed by atoms with Crippen molar-refractivity contribution in [3.05, 3.63) is 10.6 Å². The van der Waals surface area contributed by atoms with Crippen LogP contribution in [-0.4, -0.2) is 11.5 Å². The van der Waals surface area contributed by atoms with E-state index >= 15 is 0 Å². The van der Waals surface area contributed by atoms with E-state index in [0.717, 1.165) is 17.6 Å². The molecule has 1 N–H and O–H groups in total. The molecule has 90 valence electrons. The average Bonchev–Trinajstić information content (AvgIpc) is 2.68. The third-order valence-electron chi connectivity index (χ3n) is 3.26. The van der Waals surface area contributed by atoms with Gasteiger partial charge in [0.25, 0.3) is 0 Å². The van der Waals surface area contributed by atoms with Crippen molar-refractivity contribution in [3.8, 4) is 0 Å². The van der Waals surface area contributed by atoms with Crippen LogP contribution in [0.2, 0.25) is 0 Å². The van der Waals surface area contributed by atoms with Crippen molar-refractivity contribution in [2.45, 2.75) is 52.4 Å². The van der Waals surface area contributed by atoms with Gasteiger partial charge < -0.3 is 5.32 Å². The molecule has 16 heavy (non-hydrogen) atoms. The minimum Gasteiger partial charge on any atom is -0.362 e. The highest BCUT2D eigenvalue weighted by Gasteiger charge is 2.21. The number of nitrogens with one attached hydrogen (secondary N) is 1. The van der Waals surface area contributed by atoms with E-state index in [0.29, 0.717) is 0 Å². The van der Waals surface area contributed by atoms with Crippen molar-refractivity contribution < 1.29 is 0 Å². The Labute approximate surface area is 102 Å². The molecule has 2 nitrogen and oxygen atoms in total. The van der Waals surface area contributed by atoms with Crippen molar-refractivity contribution in [2.75, 3.05) is 11.9 Å². The van der Waals surface area contributed by atoms with Crippen LogP contribution in [0.1, 0.15) is 50.1 Å². The number of thiazole rings is 1. The zero-order valence-electron chi connectivity index (χ0n) is 10.4. The number of hydrogen-bond acceptors (Lipinski definition) is 3. The van der Waals surface area contributed by atoms with Crippen molar-refractivity contribution in [1.29, 1.82) is 0 Å². The molecule has 0 spiro atoms. The number of fused-ring (bicyclic) bond motifs is 1. The fraction of sp³-hybridized carbons (Fsp3) is 0.769. The van der Waals surface area contributed by atoms with Gasteiger partial charge in [-0.15, -0.1) is 11.3 Å². The molecule has 0 fully saturated rings. The summed E-state index contributed by atoms with van der Waals surface area (Å²) in [5.41, 5.74) is 1.37. The van der Waals surface area contributed by atoms with Crippen molar-refractivity contribution >= 4 is 16.5 Å². The Bertz CT molecular complexity index is 333. The number of anilines is 1. The van der Waals surface area contributed by atoms with Gasteiger partial charge in [0.15, 0.2) is 5.13 Å². The van der Waals surface area contributed by atoms with Gasteiger partial charge in [0, 0.05) is 11.4 Å². The lowest BCUT2D eigenvalue weighted by Gasteiger charge is -2.19. The summed E-state index contributed by atoms with van der Waals surface area (Å²) < 4.78 is 0. The Hall–Kier alpha value is -0.570. The number of aromatic nitrogens is 1. The molecule has 0 aliphatic heterocycles. The zero-order chi connectivity index (χ0) is 11.4. The van der Waals surface area contributed by atoms with Crippen LogP contribution in [0.25, 0.3) is 0 Å². The molecule has 2 rings (SSSR count). The maximum Gasteiger partial charge on any atom is 0.183 e. The normalized spacial score (nSPS) is 19.5. The molecule has 3 heteroatoms. The largest absolute Gasteiger partial charge is 0.362 e. The van der Waals surface area contributed by atoms with Gasteiger partial charge in [-0.05, 0) is 31.6 Å². The SMILES string of the molecule is CCCNc1nc2c(s1)CC(CCC)CC2. The van der Waals surface area contributed by atoms with Crippen LogP contribution in [0.4, 0.5) is 5.13 Å². The summed E-state index contributed by atoms with van der Waals surface area (Å²) in [7, 11) is 0. The number of aryl methyl sites for hydroxylation is 1. The van der Waals surface area contributed by atoms with E-state index in [-0.39, 0.29) is 0 Å². The van der Waals surface area contributed by atoms with E-state index < -0.39 is 0 Å². The molecule has 0 amide bonds. The molecule has 1 atom stereocenters. The van der Waals surface area contributed by atoms with Gasteiger partial charge >= 0.3 is 0 Å². The molecule has 0 saturated heterocycles. The first-order valence-electron chi connectivity index (χ1n) is 6.56. The first-order valence-corrected chi connectivity index (χ1v) is 7.37. The molecule has 0 radical (unpaired) electrons. The Morgan fingerprint density at radius 3 is 3.00 bits per heavy atom. The van der Waals surface area contributed by atoms with Crippen molar-refractivity contribution in [2.24, 2.45) is 5.92 Å². The highest BCUT2D eigenvalue weighted by atomic mass is 32.1. The lowest BCUT2D eigenvalue weighted by molar-refractivity contribution is 0.424. The molecular formula is C13H22N2S. The zero-order valence-corrected chi connectivity index (χ0v) is 11.2. The quantitative estimate of drug-likeness (QED) is 0.842. The maximum atomic E-state index is 4.69. The molecule has 1 unspecified atom stereocenters. The van der Waals surface area contributed by atoms with Gasteiger partial charge in [0.1, 0.15) is 0 Å². The molecular weight excluding hydrogens is 216 g/mol. The summed E-state index contributed by atoms with van der Waals surface area (Å²) >= 11 is 1.88. The predicted molar refractivity (Wildman–Crippen MR) is 71.3 cm³/mol. The monoisotopic (exact) mass is 238 g/mol. The molecule has 0 aromatic carbocycles. The first kappa shape index (κ1) is 11.9. The summed E-state index contributed by atoms with van der Waals surface area (Å²) in [5, 5.41) is 4.55. The average molecular weight is 238 g/mol. The van der Waals surface area contributed by atoms with Gasteiger partial charge in [-0.25, -0.2) is 4.98 Å². The second-order valence-corrected chi connectivity index (χ2v) is 5.80. The Morgan fingerprint density at radius 1 is 1.38 bits per heavy atom. The van der Waals surface area contributed by atoms with Crippen LogP contribution in [0.5, 0.6) is 0 Å². The predicted octanol–water partition coefficient (Wildman–Crippen LogP) is 3.87. The third-order valence-corrected chi connectivity index (χ3v) is 4.34. The Balaban J connectivity index is 1.99. The second-order valence-electron chi connectivity index (χ2n) is 4.71. The molecule has 0 saturated carbocycles. The van der Waals surface area contributed by atoms with E-state index in [2.05, 4.69) is 19.2 Å². The molecule has 1 aromatic heterocycles. The highest BCUT2D eigenvalue weighted by Crippen LogP contribution is 2.33. The van der Waals surface area contributed by atoms with Gasteiger partial charge in [0.2, 0.25) is 0 Å². The lowest BCUT2D eigenvalue weighted by Crippen LogP contribution is -2.12. The summed E-state index contributed by atoms with van der Waals surface area (Å²) in [5.74, 6) is 0.914. The van der Waals surface area contributed by atoms with Gasteiger partial charge in [-0.3, -0.25) is 0 Å². The minimum absolute atomic E-state index is 0.914. The fourth-order valence-corrected chi connectivity index (χ4v) is 3.55. The molecule has 1 aromatic rings. The smallest absolute Gasteiger partial charge is 0.183 e. The summed E-state index contributed by atoms with van der Waals surface area (Å²) in [6.07, 6.45) is 7.69. The molecule has 1 heterocycles. The van der Waals surface area contributed by atoms with Crippen LogP contribution in [-0.2, 0) is 12.8 Å². The van der Waals surface area contributed by atoms with E-state index in [1.807, 2.05) is 11.3 Å². The van der Waals surface area contributed by atoms with Crippen LogP contribution in [0.3, 0.4) is 0 Å². The third kappa shape index (κ3) is 2.76. The number of hydrogen-bond donors (Lipinski definition) is 1. The maximum absolute atomic E-state index is 4.69. The van der Waals surface area contributed by atoms with E-state index in [1.165, 1.54) is 44.2 Å². The Morgan fingerprint density at radius 2 is 2.25 bits per heavy atom. The van der Waals surface area contributed by atoms with Crippen LogP contribution in [0.15, 0.2) is 0 Å². The highest BCUT2D eigenvalue weighted by molar-refractivity contribution is 7.15. The topological polar surface area (TPSA) is 24.9 Å². The van der Waals surface area contributed by atoms with Crippen molar-refractivity contribution in [1.82, 2.24) is 4.98 Å². The molecule has 0 bridgehead atoms. The summed E-state index contributed by atoms with van der Waals surface area (Å²) in [4.78, 5) is 6.23. The molecule has 1 aliphatic carbocycles. The number of nitrogens with zero attached hydrogens (tertiary/aromatic N) is 1. The van der Waals surface area contributed by atoms with Crippen molar-refractivity contribution in [3.63, 3.8) is 0 Å². The fourth-order valence-electron chi connectivity index (χ4n) is 2.41. The summed E-state index contributed by atoms with van der Waals surface area (Å²) in [6.45, 7) is 5.53. The standard InChI is InChI=1S/C13H22N2S/c1-3-5-10-6-7-11-12(9-10)16-13(15-11)14-8-4-2/h10H,3-9H2,1-2H3,(H,14,15). The first-order chi connectivity index (χ1) is 7.83. The lowest BCUT2D eigenvalue weighted by atomic mass is 9.88. The van der Waals surface area contributed by atoms with Crippen LogP contribution in [0, 0.1) is 5.92 Å². The van der Waals surface area contributed by atoms with Gasteiger partial charge in [-0.1, -0.05) is 26.7 Å². The molecule has 1 aliphatic rings. The van der Waals surface area contributed by atoms with Crippen LogP contribution >= 0.6 is 11.3 Å². The number of rotatable bonds is 5. The van der Waals surface area contributed by atoms with Crippen LogP contribution < -0.4 is 5.32 Å².